The van der Waals surface area contributed by atoms with E-state index in [4.69, 9.17) is 16.3 Å². The Labute approximate surface area is 229 Å². The summed E-state index contributed by atoms with van der Waals surface area (Å²) in [5, 5.41) is 32.8. The summed E-state index contributed by atoms with van der Waals surface area (Å²) < 4.78 is 6.93. The molecule has 2 aromatic heterocycles. The van der Waals surface area contributed by atoms with E-state index in [1.807, 2.05) is 0 Å². The molecular weight excluding hydrogens is 524 g/mol. The van der Waals surface area contributed by atoms with Gasteiger partial charge in [0.25, 0.3) is 0 Å². The Bertz CT molecular complexity index is 1420. The first-order valence-corrected chi connectivity index (χ1v) is 13.5. The van der Waals surface area contributed by atoms with Crippen LogP contribution < -0.4 is 20.9 Å². The van der Waals surface area contributed by atoms with E-state index in [0.29, 0.717) is 39.9 Å². The number of rotatable bonds is 7. The van der Waals surface area contributed by atoms with Crippen LogP contribution in [0.3, 0.4) is 0 Å². The van der Waals surface area contributed by atoms with Gasteiger partial charge in [0.2, 0.25) is 5.95 Å². The van der Waals surface area contributed by atoms with Gasteiger partial charge in [0.15, 0.2) is 17.2 Å². The molecule has 0 spiro atoms. The summed E-state index contributed by atoms with van der Waals surface area (Å²) in [5.74, 6) is 0.712. The predicted octanol–water partition coefficient (Wildman–Crippen LogP) is 3.36. The van der Waals surface area contributed by atoms with Crippen LogP contribution in [0.25, 0.3) is 5.65 Å². The highest BCUT2D eigenvalue weighted by atomic mass is 35.5. The molecule has 39 heavy (non-hydrogen) atoms. The van der Waals surface area contributed by atoms with Gasteiger partial charge in [-0.05, 0) is 37.8 Å². The van der Waals surface area contributed by atoms with Crippen molar-refractivity contribution in [1.82, 2.24) is 24.5 Å². The van der Waals surface area contributed by atoms with E-state index in [1.165, 1.54) is 10.7 Å². The van der Waals surface area contributed by atoms with Gasteiger partial charge < -0.3 is 25.4 Å². The SMILES string of the molecule is N#Cc1cnc2c(NC3CC3)nc(Nc3cc(NC(=O)O)cc(N4CCC(N5CCOCC5)CC4)c3Cl)nn12. The molecule has 6 rings (SSSR count). The number of nitrogens with zero attached hydrogens (tertiary/aromatic N) is 7. The van der Waals surface area contributed by atoms with Crippen molar-refractivity contribution >= 4 is 52.2 Å². The molecule has 1 aliphatic carbocycles. The van der Waals surface area contributed by atoms with E-state index in [-0.39, 0.29) is 11.6 Å². The largest absolute Gasteiger partial charge is 0.465 e. The number of morpholine rings is 1. The van der Waals surface area contributed by atoms with Gasteiger partial charge in [-0.15, -0.1) is 5.10 Å². The smallest absolute Gasteiger partial charge is 0.409 e. The number of carbonyl (C=O) groups is 1. The van der Waals surface area contributed by atoms with Crippen molar-refractivity contribution in [3.63, 3.8) is 0 Å². The second-order valence-electron chi connectivity index (χ2n) is 9.97. The van der Waals surface area contributed by atoms with Crippen LogP contribution in [-0.4, -0.2) is 87.2 Å². The maximum atomic E-state index is 11.5. The molecule has 13 nitrogen and oxygen atoms in total. The quantitative estimate of drug-likeness (QED) is 0.341. The molecule has 0 bridgehead atoms. The Morgan fingerprint density at radius 1 is 1.15 bits per heavy atom. The van der Waals surface area contributed by atoms with Gasteiger partial charge in [0.05, 0.1) is 35.8 Å². The van der Waals surface area contributed by atoms with E-state index in [0.717, 1.165) is 70.8 Å². The van der Waals surface area contributed by atoms with E-state index in [9.17, 15) is 15.2 Å². The highest BCUT2D eigenvalue weighted by Gasteiger charge is 2.28. The highest BCUT2D eigenvalue weighted by molar-refractivity contribution is 6.36. The fourth-order valence-corrected chi connectivity index (χ4v) is 5.47. The number of amides is 1. The topological polar surface area (TPSA) is 156 Å². The van der Waals surface area contributed by atoms with Crippen LogP contribution in [0.1, 0.15) is 31.4 Å². The lowest BCUT2D eigenvalue weighted by molar-refractivity contribution is 0.0115. The number of aromatic nitrogens is 4. The van der Waals surface area contributed by atoms with Crippen LogP contribution in [0.2, 0.25) is 5.02 Å². The van der Waals surface area contributed by atoms with Crippen LogP contribution >= 0.6 is 11.6 Å². The van der Waals surface area contributed by atoms with E-state index < -0.39 is 6.09 Å². The Morgan fingerprint density at radius 2 is 1.92 bits per heavy atom. The first kappa shape index (κ1) is 25.4. The third-order valence-corrected chi connectivity index (χ3v) is 7.71. The van der Waals surface area contributed by atoms with Crippen molar-refractivity contribution in [2.45, 2.75) is 37.8 Å². The predicted molar refractivity (Wildman–Crippen MR) is 146 cm³/mol. The van der Waals surface area contributed by atoms with E-state index >= 15 is 0 Å². The molecule has 204 valence electrons. The Kier molecular flexibility index (Phi) is 6.99. The first-order chi connectivity index (χ1) is 19.0. The summed E-state index contributed by atoms with van der Waals surface area (Å²) >= 11 is 6.93. The van der Waals surface area contributed by atoms with Crippen molar-refractivity contribution in [1.29, 1.82) is 5.26 Å². The third-order valence-electron chi connectivity index (χ3n) is 7.31. The van der Waals surface area contributed by atoms with Crippen molar-refractivity contribution in [3.8, 4) is 6.07 Å². The molecule has 3 aliphatic rings. The van der Waals surface area contributed by atoms with Gasteiger partial charge in [-0.25, -0.2) is 9.78 Å². The molecule has 3 fully saturated rings. The zero-order chi connectivity index (χ0) is 26.9. The Morgan fingerprint density at radius 3 is 2.62 bits per heavy atom. The molecule has 1 aromatic carbocycles. The molecule has 0 atom stereocenters. The number of benzene rings is 1. The number of hydrogen-bond donors (Lipinski definition) is 4. The van der Waals surface area contributed by atoms with Crippen LogP contribution in [-0.2, 0) is 4.74 Å². The number of hydrogen-bond acceptors (Lipinski definition) is 10. The monoisotopic (exact) mass is 552 g/mol. The first-order valence-electron chi connectivity index (χ1n) is 13.1. The Balaban J connectivity index is 1.30. The lowest BCUT2D eigenvalue weighted by Gasteiger charge is -2.41. The fraction of sp³-hybridized carbons (Fsp3) is 0.480. The summed E-state index contributed by atoms with van der Waals surface area (Å²) in [5.41, 5.74) is 2.27. The summed E-state index contributed by atoms with van der Waals surface area (Å²) in [7, 11) is 0. The van der Waals surface area contributed by atoms with Crippen LogP contribution in [0.4, 0.5) is 33.6 Å². The molecule has 1 saturated carbocycles. The zero-order valence-corrected chi connectivity index (χ0v) is 22.0. The number of nitrogens with one attached hydrogen (secondary N) is 3. The van der Waals surface area contributed by atoms with Gasteiger partial charge >= 0.3 is 6.09 Å². The van der Waals surface area contributed by atoms with Crippen molar-refractivity contribution in [2.75, 3.05) is 60.2 Å². The molecule has 4 N–H and O–H groups in total. The number of anilines is 5. The Hall–Kier alpha value is -3.86. The number of nitriles is 1. The minimum atomic E-state index is -1.18. The van der Waals surface area contributed by atoms with E-state index in [2.05, 4.69) is 46.9 Å². The summed E-state index contributed by atoms with van der Waals surface area (Å²) in [6.07, 6.45) is 4.29. The molecule has 0 unspecified atom stereocenters. The second-order valence-corrected chi connectivity index (χ2v) is 10.3. The maximum absolute atomic E-state index is 11.5. The molecule has 3 aromatic rings. The van der Waals surface area contributed by atoms with Crippen LogP contribution in [0.5, 0.6) is 0 Å². The molecule has 2 aliphatic heterocycles. The molecule has 1 amide bonds. The number of imidazole rings is 1. The van der Waals surface area contributed by atoms with Gasteiger partial charge in [-0.1, -0.05) is 11.6 Å². The second kappa shape index (κ2) is 10.7. The van der Waals surface area contributed by atoms with Crippen molar-refractivity contribution in [2.24, 2.45) is 0 Å². The number of carboxylic acid groups (broad SMARTS) is 1. The van der Waals surface area contributed by atoms with Crippen molar-refractivity contribution < 1.29 is 14.6 Å². The normalized spacial score (nSPS) is 18.6. The number of piperidine rings is 1. The third kappa shape index (κ3) is 5.49. The van der Waals surface area contributed by atoms with Gasteiger partial charge in [-0.2, -0.15) is 14.8 Å². The lowest BCUT2D eigenvalue weighted by atomic mass is 10.0. The minimum absolute atomic E-state index is 0.200. The molecule has 4 heterocycles. The molecular formula is C25H29ClN10O3. The lowest BCUT2D eigenvalue weighted by Crippen LogP contribution is -2.49. The average Bonchev–Trinajstić information content (AvgIpc) is 3.66. The molecule has 14 heteroatoms. The number of ether oxygens (including phenoxy) is 1. The minimum Gasteiger partial charge on any atom is -0.465 e. The molecule has 2 saturated heterocycles. The summed E-state index contributed by atoms with van der Waals surface area (Å²) in [6, 6.07) is 6.25. The average molecular weight is 553 g/mol. The highest BCUT2D eigenvalue weighted by Crippen LogP contribution is 2.39. The standard InChI is InChI=1S/C25H29ClN10O3/c26-21-19(31-24-32-22(29-15-1-2-15)23-28-14-18(13-27)36(23)33-24)11-16(30-25(37)38)12-20(21)35-5-3-17(4-6-35)34-7-9-39-10-8-34/h11-12,14-15,17,30H,1-10H2,(H,37,38)(H2,29,31,32,33). The summed E-state index contributed by atoms with van der Waals surface area (Å²) in [6.45, 7) is 5.01. The summed E-state index contributed by atoms with van der Waals surface area (Å²) in [4.78, 5) is 25.1. The van der Waals surface area contributed by atoms with Crippen LogP contribution in [0, 0.1) is 11.3 Å². The van der Waals surface area contributed by atoms with Gasteiger partial charge in [-0.3, -0.25) is 10.2 Å². The zero-order valence-electron chi connectivity index (χ0n) is 21.2. The number of fused-ring (bicyclic) bond motifs is 1. The van der Waals surface area contributed by atoms with Gasteiger partial charge in [0.1, 0.15) is 6.07 Å². The molecule has 0 radical (unpaired) electrons. The van der Waals surface area contributed by atoms with Crippen LogP contribution in [0.15, 0.2) is 18.3 Å². The van der Waals surface area contributed by atoms with Gasteiger partial charge in [0, 0.05) is 44.0 Å². The van der Waals surface area contributed by atoms with E-state index in [1.54, 1.807) is 12.1 Å². The van der Waals surface area contributed by atoms with Crippen molar-refractivity contribution in [3.05, 3.63) is 29.0 Å². The number of halogens is 1. The fourth-order valence-electron chi connectivity index (χ4n) is 5.19. The maximum Gasteiger partial charge on any atom is 0.409 e.